The van der Waals surface area contributed by atoms with Gasteiger partial charge in [-0.05, 0) is 50.7 Å². The fourth-order valence-corrected chi connectivity index (χ4v) is 3.85. The van der Waals surface area contributed by atoms with E-state index in [9.17, 15) is 14.4 Å². The number of hydrogen-bond acceptors (Lipinski definition) is 4. The predicted octanol–water partition coefficient (Wildman–Crippen LogP) is 1.85. The van der Waals surface area contributed by atoms with Crippen LogP contribution < -0.4 is 5.32 Å². The second-order valence-corrected chi connectivity index (χ2v) is 7.59. The van der Waals surface area contributed by atoms with E-state index in [4.69, 9.17) is 4.42 Å². The molecule has 0 bridgehead atoms. The number of nitrogens with one attached hydrogen (secondary N) is 1. The van der Waals surface area contributed by atoms with Crippen LogP contribution in [0.1, 0.15) is 50.0 Å². The summed E-state index contributed by atoms with van der Waals surface area (Å²) in [5, 5.41) is 2.88. The largest absolute Gasteiger partial charge is 0.465 e. The summed E-state index contributed by atoms with van der Waals surface area (Å²) in [4.78, 5) is 39.8. The third-order valence-electron chi connectivity index (χ3n) is 5.40. The van der Waals surface area contributed by atoms with Crippen molar-refractivity contribution in [2.75, 3.05) is 26.2 Å². The summed E-state index contributed by atoms with van der Waals surface area (Å²) in [6, 6.07) is 3.75. The van der Waals surface area contributed by atoms with Crippen LogP contribution in [0, 0.1) is 12.8 Å². The van der Waals surface area contributed by atoms with Gasteiger partial charge in [-0.2, -0.15) is 0 Å². The summed E-state index contributed by atoms with van der Waals surface area (Å²) in [6.45, 7) is 4.62. The number of hydrogen-bond donors (Lipinski definition) is 1. The Morgan fingerprint density at radius 2 is 2.11 bits per heavy atom. The van der Waals surface area contributed by atoms with Crippen LogP contribution in [-0.4, -0.2) is 53.7 Å². The van der Waals surface area contributed by atoms with Gasteiger partial charge in [0, 0.05) is 32.5 Å². The van der Waals surface area contributed by atoms with Crippen LogP contribution in [0.15, 0.2) is 16.5 Å². The van der Waals surface area contributed by atoms with Crippen LogP contribution in [0.3, 0.4) is 0 Å². The molecule has 0 saturated carbocycles. The van der Waals surface area contributed by atoms with Gasteiger partial charge in [0.1, 0.15) is 11.5 Å². The van der Waals surface area contributed by atoms with E-state index < -0.39 is 0 Å². The molecule has 3 amide bonds. The Bertz CT molecular complexity index is 685. The Kier molecular flexibility index (Phi) is 6.53. The number of rotatable bonds is 7. The molecular weight excluding hydrogens is 346 g/mol. The maximum Gasteiger partial charge on any atom is 0.242 e. The van der Waals surface area contributed by atoms with Crippen LogP contribution >= 0.6 is 0 Å². The molecule has 0 aromatic carbocycles. The molecule has 1 unspecified atom stereocenters. The van der Waals surface area contributed by atoms with Crippen LogP contribution in [0.25, 0.3) is 0 Å². The predicted molar refractivity (Wildman–Crippen MR) is 99.6 cm³/mol. The minimum Gasteiger partial charge on any atom is -0.465 e. The average molecular weight is 375 g/mol. The highest BCUT2D eigenvalue weighted by molar-refractivity contribution is 5.86. The number of amides is 3. The van der Waals surface area contributed by atoms with Gasteiger partial charge in [0.05, 0.1) is 13.1 Å². The van der Waals surface area contributed by atoms with Gasteiger partial charge in [-0.25, -0.2) is 0 Å². The number of nitrogens with zero attached hydrogens (tertiary/aromatic N) is 2. The molecule has 2 aliphatic rings. The van der Waals surface area contributed by atoms with Gasteiger partial charge in [0.25, 0.3) is 0 Å². The molecule has 1 aromatic heterocycles. The summed E-state index contributed by atoms with van der Waals surface area (Å²) >= 11 is 0. The number of carbonyl (C=O) groups excluding carboxylic acids is 3. The first-order chi connectivity index (χ1) is 13.0. The molecule has 2 saturated heterocycles. The Labute approximate surface area is 160 Å². The van der Waals surface area contributed by atoms with Crippen LogP contribution in [-0.2, 0) is 20.9 Å². The maximum absolute atomic E-state index is 12.5. The second-order valence-electron chi connectivity index (χ2n) is 7.59. The SMILES string of the molecule is Cc1ccc(CNC(=O)CCC2CCCN(C(=O)CN3CCCC3=O)C2)o1. The van der Waals surface area contributed by atoms with E-state index >= 15 is 0 Å². The summed E-state index contributed by atoms with van der Waals surface area (Å²) < 4.78 is 5.44. The highest BCUT2D eigenvalue weighted by atomic mass is 16.3. The monoisotopic (exact) mass is 375 g/mol. The fourth-order valence-electron chi connectivity index (χ4n) is 3.85. The standard InChI is InChI=1S/C20H29N3O4/c1-15-6-8-17(27-15)12-21-18(24)9-7-16-4-2-10-22(13-16)20(26)14-23-11-3-5-19(23)25/h6,8,16H,2-5,7,9-14H2,1H3,(H,21,24). The van der Waals surface area contributed by atoms with Gasteiger partial charge in [0.15, 0.2) is 0 Å². The van der Waals surface area contributed by atoms with Crippen molar-refractivity contribution < 1.29 is 18.8 Å². The van der Waals surface area contributed by atoms with Crippen molar-refractivity contribution in [2.24, 2.45) is 5.92 Å². The summed E-state index contributed by atoms with van der Waals surface area (Å²) in [6.07, 6.45) is 4.63. The molecule has 7 nitrogen and oxygen atoms in total. The van der Waals surface area contributed by atoms with Gasteiger partial charge in [-0.1, -0.05) is 0 Å². The van der Waals surface area contributed by atoms with E-state index in [0.717, 1.165) is 43.7 Å². The highest BCUT2D eigenvalue weighted by Crippen LogP contribution is 2.22. The minimum absolute atomic E-state index is 0.00941. The molecule has 2 aliphatic heterocycles. The molecular formula is C20H29N3O4. The van der Waals surface area contributed by atoms with Crippen molar-refractivity contribution in [3.8, 4) is 0 Å². The first-order valence-electron chi connectivity index (χ1n) is 9.89. The van der Waals surface area contributed by atoms with E-state index in [1.54, 1.807) is 4.90 Å². The van der Waals surface area contributed by atoms with Crippen molar-refractivity contribution in [1.82, 2.24) is 15.1 Å². The van der Waals surface area contributed by atoms with Crippen molar-refractivity contribution in [1.29, 1.82) is 0 Å². The fraction of sp³-hybridized carbons (Fsp3) is 0.650. The first-order valence-corrected chi connectivity index (χ1v) is 9.89. The quantitative estimate of drug-likeness (QED) is 0.788. The van der Waals surface area contributed by atoms with E-state index in [-0.39, 0.29) is 24.3 Å². The maximum atomic E-state index is 12.5. The highest BCUT2D eigenvalue weighted by Gasteiger charge is 2.28. The van der Waals surface area contributed by atoms with Gasteiger partial charge >= 0.3 is 0 Å². The Morgan fingerprint density at radius 3 is 2.81 bits per heavy atom. The van der Waals surface area contributed by atoms with Crippen molar-refractivity contribution in [2.45, 2.75) is 52.0 Å². The van der Waals surface area contributed by atoms with Crippen LogP contribution in [0.5, 0.6) is 0 Å². The summed E-state index contributed by atoms with van der Waals surface area (Å²) in [7, 11) is 0. The topological polar surface area (TPSA) is 82.9 Å². The number of carbonyl (C=O) groups is 3. The normalized spacial score (nSPS) is 20.2. The number of likely N-dealkylation sites (tertiary alicyclic amines) is 2. The zero-order valence-electron chi connectivity index (χ0n) is 16.0. The molecule has 0 radical (unpaired) electrons. The molecule has 1 aromatic rings. The zero-order valence-corrected chi connectivity index (χ0v) is 16.0. The smallest absolute Gasteiger partial charge is 0.242 e. The average Bonchev–Trinajstić information content (AvgIpc) is 3.26. The van der Waals surface area contributed by atoms with Gasteiger partial charge in [-0.3, -0.25) is 14.4 Å². The third-order valence-corrected chi connectivity index (χ3v) is 5.40. The van der Waals surface area contributed by atoms with Crippen molar-refractivity contribution >= 4 is 17.7 Å². The molecule has 3 heterocycles. The number of furan rings is 1. The molecule has 2 fully saturated rings. The molecule has 1 atom stereocenters. The third kappa shape index (κ3) is 5.58. The van der Waals surface area contributed by atoms with Crippen LogP contribution in [0.2, 0.25) is 0 Å². The second kappa shape index (κ2) is 9.06. The van der Waals surface area contributed by atoms with Gasteiger partial charge in [-0.15, -0.1) is 0 Å². The molecule has 3 rings (SSSR count). The van der Waals surface area contributed by atoms with E-state index in [1.165, 1.54) is 0 Å². The van der Waals surface area contributed by atoms with Gasteiger partial charge in [0.2, 0.25) is 17.7 Å². The van der Waals surface area contributed by atoms with E-state index in [1.807, 2.05) is 24.0 Å². The molecule has 7 heteroatoms. The first kappa shape index (κ1) is 19.5. The lowest BCUT2D eigenvalue weighted by atomic mass is 9.93. The van der Waals surface area contributed by atoms with Gasteiger partial charge < -0.3 is 19.5 Å². The molecule has 0 spiro atoms. The lowest BCUT2D eigenvalue weighted by Crippen LogP contribution is -2.45. The zero-order chi connectivity index (χ0) is 19.2. The molecule has 27 heavy (non-hydrogen) atoms. The minimum atomic E-state index is 0.00941. The Balaban J connectivity index is 1.38. The van der Waals surface area contributed by atoms with E-state index in [0.29, 0.717) is 38.4 Å². The van der Waals surface area contributed by atoms with Crippen LogP contribution in [0.4, 0.5) is 0 Å². The lowest BCUT2D eigenvalue weighted by molar-refractivity contribution is -0.139. The summed E-state index contributed by atoms with van der Waals surface area (Å²) in [5.74, 6) is 2.06. The molecule has 0 aliphatic carbocycles. The van der Waals surface area contributed by atoms with E-state index in [2.05, 4.69) is 5.32 Å². The molecule has 1 N–H and O–H groups in total. The number of aryl methyl sites for hydroxylation is 1. The lowest BCUT2D eigenvalue weighted by Gasteiger charge is -2.33. The van der Waals surface area contributed by atoms with Crippen molar-refractivity contribution in [3.05, 3.63) is 23.7 Å². The Morgan fingerprint density at radius 1 is 1.26 bits per heavy atom. The summed E-state index contributed by atoms with van der Waals surface area (Å²) in [5.41, 5.74) is 0. The number of piperidine rings is 1. The molecule has 148 valence electrons. The Hall–Kier alpha value is -2.31. The van der Waals surface area contributed by atoms with Crippen molar-refractivity contribution in [3.63, 3.8) is 0 Å².